The second kappa shape index (κ2) is 5.04. The maximum atomic E-state index is 11.3. The van der Waals surface area contributed by atoms with Crippen molar-refractivity contribution in [2.45, 2.75) is 18.9 Å². The molecule has 1 N–H and O–H groups in total. The highest BCUT2D eigenvalue weighted by Gasteiger charge is 2.31. The minimum Gasteiger partial charge on any atom is -0.467 e. The Morgan fingerprint density at radius 3 is 2.56 bits per heavy atom. The lowest BCUT2D eigenvalue weighted by atomic mass is 9.97. The molecule has 88 valence electrons. The van der Waals surface area contributed by atoms with E-state index in [4.69, 9.17) is 23.2 Å². The van der Waals surface area contributed by atoms with Crippen LogP contribution in [0.2, 0.25) is 10.0 Å². The second-order valence-electron chi connectivity index (χ2n) is 3.69. The molecule has 0 radical (unpaired) electrons. The maximum absolute atomic E-state index is 11.3. The summed E-state index contributed by atoms with van der Waals surface area (Å²) in [4.78, 5) is 11.3. The Kier molecular flexibility index (Phi) is 4.19. The van der Waals surface area contributed by atoms with E-state index in [2.05, 4.69) is 4.74 Å². The number of aliphatic hydroxyl groups is 1. The molecule has 0 spiro atoms. The van der Waals surface area contributed by atoms with Gasteiger partial charge in [-0.1, -0.05) is 29.3 Å². The zero-order valence-corrected chi connectivity index (χ0v) is 10.5. The molecule has 0 fully saturated rings. The molecule has 1 aromatic carbocycles. The first-order valence-corrected chi connectivity index (χ1v) is 5.37. The molecule has 5 heteroatoms. The van der Waals surface area contributed by atoms with Crippen LogP contribution < -0.4 is 0 Å². The molecule has 0 amide bonds. The smallest absolute Gasteiger partial charge is 0.337 e. The highest BCUT2D eigenvalue weighted by Crippen LogP contribution is 2.24. The van der Waals surface area contributed by atoms with Gasteiger partial charge in [0.05, 0.1) is 17.2 Å². The maximum Gasteiger partial charge on any atom is 0.337 e. The minimum absolute atomic E-state index is 0.122. The van der Waals surface area contributed by atoms with Gasteiger partial charge in [0.15, 0.2) is 5.60 Å². The Balaban J connectivity index is 2.88. The van der Waals surface area contributed by atoms with Gasteiger partial charge in [-0.15, -0.1) is 0 Å². The molecule has 1 rings (SSSR count). The van der Waals surface area contributed by atoms with Crippen LogP contribution in [0.5, 0.6) is 0 Å². The number of rotatable bonds is 3. The molecule has 1 atom stereocenters. The topological polar surface area (TPSA) is 46.5 Å². The van der Waals surface area contributed by atoms with E-state index < -0.39 is 11.6 Å². The van der Waals surface area contributed by atoms with Crippen molar-refractivity contribution in [1.82, 2.24) is 0 Å². The van der Waals surface area contributed by atoms with Gasteiger partial charge in [-0.05, 0) is 24.6 Å². The summed E-state index contributed by atoms with van der Waals surface area (Å²) in [5.41, 5.74) is -0.851. The Hall–Kier alpha value is -0.770. The van der Waals surface area contributed by atoms with E-state index in [1.807, 2.05) is 0 Å². The summed E-state index contributed by atoms with van der Waals surface area (Å²) >= 11 is 11.6. The van der Waals surface area contributed by atoms with E-state index in [1.54, 1.807) is 18.2 Å². The predicted octanol–water partition coefficient (Wildman–Crippen LogP) is 2.46. The van der Waals surface area contributed by atoms with Crippen molar-refractivity contribution < 1.29 is 14.6 Å². The number of carbonyl (C=O) groups excluding carboxylic acids is 1. The molecule has 1 aromatic rings. The van der Waals surface area contributed by atoms with Gasteiger partial charge >= 0.3 is 5.97 Å². The molecule has 0 aliphatic carbocycles. The molecule has 0 bridgehead atoms. The zero-order chi connectivity index (χ0) is 12.3. The van der Waals surface area contributed by atoms with Crippen LogP contribution in [0.3, 0.4) is 0 Å². The van der Waals surface area contributed by atoms with Gasteiger partial charge < -0.3 is 9.84 Å². The molecule has 0 saturated carbocycles. The lowest BCUT2D eigenvalue weighted by Gasteiger charge is -2.20. The van der Waals surface area contributed by atoms with Crippen molar-refractivity contribution in [3.05, 3.63) is 33.8 Å². The van der Waals surface area contributed by atoms with Crippen LogP contribution in [0.15, 0.2) is 18.2 Å². The summed E-state index contributed by atoms with van der Waals surface area (Å²) in [5.74, 6) is -0.682. The van der Waals surface area contributed by atoms with E-state index in [-0.39, 0.29) is 6.42 Å². The summed E-state index contributed by atoms with van der Waals surface area (Å²) in [6, 6.07) is 4.93. The molecule has 0 heterocycles. The van der Waals surface area contributed by atoms with Crippen molar-refractivity contribution in [2.75, 3.05) is 7.11 Å². The first kappa shape index (κ1) is 13.3. The standard InChI is InChI=1S/C11H12Cl2O3/c1-11(15,10(14)16-2)6-7-3-4-8(12)9(13)5-7/h3-5,15H,6H2,1-2H3. The van der Waals surface area contributed by atoms with Crippen molar-refractivity contribution in [2.24, 2.45) is 0 Å². The van der Waals surface area contributed by atoms with Crippen molar-refractivity contribution in [1.29, 1.82) is 0 Å². The monoisotopic (exact) mass is 262 g/mol. The Morgan fingerprint density at radius 2 is 2.06 bits per heavy atom. The van der Waals surface area contributed by atoms with Crippen LogP contribution in [0.4, 0.5) is 0 Å². The molecule has 0 aliphatic heterocycles. The van der Waals surface area contributed by atoms with Crippen molar-refractivity contribution in [3.8, 4) is 0 Å². The van der Waals surface area contributed by atoms with Gasteiger partial charge in [-0.3, -0.25) is 0 Å². The predicted molar refractivity (Wildman–Crippen MR) is 62.8 cm³/mol. The number of hydrogen-bond donors (Lipinski definition) is 1. The first-order chi connectivity index (χ1) is 7.36. The lowest BCUT2D eigenvalue weighted by Crippen LogP contribution is -2.38. The van der Waals surface area contributed by atoms with E-state index in [1.165, 1.54) is 14.0 Å². The number of ether oxygens (including phenoxy) is 1. The van der Waals surface area contributed by atoms with Gasteiger partial charge in [0.25, 0.3) is 0 Å². The highest BCUT2D eigenvalue weighted by atomic mass is 35.5. The van der Waals surface area contributed by atoms with E-state index >= 15 is 0 Å². The molecule has 3 nitrogen and oxygen atoms in total. The highest BCUT2D eigenvalue weighted by molar-refractivity contribution is 6.42. The van der Waals surface area contributed by atoms with Crippen LogP contribution in [-0.4, -0.2) is 23.8 Å². The van der Waals surface area contributed by atoms with Gasteiger partial charge in [0, 0.05) is 6.42 Å². The Bertz CT molecular complexity index is 402. The fraction of sp³-hybridized carbons (Fsp3) is 0.364. The number of carbonyl (C=O) groups is 1. The second-order valence-corrected chi connectivity index (χ2v) is 4.51. The summed E-state index contributed by atoms with van der Waals surface area (Å²) in [5, 5.41) is 10.7. The van der Waals surface area contributed by atoms with Crippen LogP contribution in [0, 0.1) is 0 Å². The minimum atomic E-state index is -1.56. The number of esters is 1. The molecular weight excluding hydrogens is 251 g/mol. The third kappa shape index (κ3) is 3.11. The van der Waals surface area contributed by atoms with Crippen molar-refractivity contribution in [3.63, 3.8) is 0 Å². The number of benzene rings is 1. The summed E-state index contributed by atoms with van der Waals surface area (Å²) in [7, 11) is 1.23. The summed E-state index contributed by atoms with van der Waals surface area (Å²) in [6.45, 7) is 1.39. The number of methoxy groups -OCH3 is 1. The van der Waals surface area contributed by atoms with Crippen LogP contribution >= 0.6 is 23.2 Å². The Labute approximate surface area is 104 Å². The van der Waals surface area contributed by atoms with Gasteiger partial charge in [-0.2, -0.15) is 0 Å². The average molecular weight is 263 g/mol. The van der Waals surface area contributed by atoms with Crippen LogP contribution in [0.1, 0.15) is 12.5 Å². The Morgan fingerprint density at radius 1 is 1.44 bits per heavy atom. The SMILES string of the molecule is COC(=O)C(C)(O)Cc1ccc(Cl)c(Cl)c1. The third-order valence-electron chi connectivity index (χ3n) is 2.16. The largest absolute Gasteiger partial charge is 0.467 e. The fourth-order valence-corrected chi connectivity index (χ4v) is 1.66. The van der Waals surface area contributed by atoms with Crippen LogP contribution in [-0.2, 0) is 16.0 Å². The zero-order valence-electron chi connectivity index (χ0n) is 8.96. The molecular formula is C11H12Cl2O3. The quantitative estimate of drug-likeness (QED) is 0.852. The lowest BCUT2D eigenvalue weighted by molar-refractivity contribution is -0.160. The van der Waals surface area contributed by atoms with E-state index in [9.17, 15) is 9.90 Å². The van der Waals surface area contributed by atoms with E-state index in [0.717, 1.165) is 0 Å². The summed E-state index contributed by atoms with van der Waals surface area (Å²) in [6.07, 6.45) is 0.122. The number of hydrogen-bond acceptors (Lipinski definition) is 3. The molecule has 0 aliphatic rings. The molecule has 0 saturated heterocycles. The van der Waals surface area contributed by atoms with E-state index in [0.29, 0.717) is 15.6 Å². The van der Waals surface area contributed by atoms with Gasteiger partial charge in [0.1, 0.15) is 0 Å². The van der Waals surface area contributed by atoms with Gasteiger partial charge in [0.2, 0.25) is 0 Å². The first-order valence-electron chi connectivity index (χ1n) is 4.61. The molecule has 0 aromatic heterocycles. The van der Waals surface area contributed by atoms with Crippen molar-refractivity contribution >= 4 is 29.2 Å². The summed E-state index contributed by atoms with van der Waals surface area (Å²) < 4.78 is 4.49. The normalized spacial score (nSPS) is 14.3. The van der Waals surface area contributed by atoms with Gasteiger partial charge in [-0.25, -0.2) is 4.79 Å². The average Bonchev–Trinajstić information content (AvgIpc) is 2.22. The fourth-order valence-electron chi connectivity index (χ4n) is 1.34. The molecule has 16 heavy (non-hydrogen) atoms. The number of halogens is 2. The third-order valence-corrected chi connectivity index (χ3v) is 2.90. The molecule has 1 unspecified atom stereocenters. The van der Waals surface area contributed by atoms with Crippen LogP contribution in [0.25, 0.3) is 0 Å².